The highest BCUT2D eigenvalue weighted by atomic mass is 14.0. The first-order valence-corrected chi connectivity index (χ1v) is 4.51. The summed E-state index contributed by atoms with van der Waals surface area (Å²) >= 11 is 0. The average Bonchev–Trinajstić information content (AvgIpc) is 2.10. The lowest BCUT2D eigenvalue weighted by atomic mass is 10.0. The molecule has 74 valence electrons. The Labute approximate surface area is 87.3 Å². The Balaban J connectivity index is 5.08. The second-order valence-electron chi connectivity index (χ2n) is 3.28. The third-order valence-electron chi connectivity index (χ3n) is 1.68. The molecule has 0 amide bonds. The first-order valence-electron chi connectivity index (χ1n) is 4.51. The molecule has 0 aliphatic rings. The molecule has 0 heterocycles. The van der Waals surface area contributed by atoms with Gasteiger partial charge in [0, 0.05) is 0 Å². The summed E-state index contributed by atoms with van der Waals surface area (Å²) in [4.78, 5) is 0. The quantitative estimate of drug-likeness (QED) is 0.559. The molecule has 0 spiro atoms. The van der Waals surface area contributed by atoms with E-state index in [9.17, 15) is 0 Å². The molecular weight excluding hydrogens is 168 g/mol. The fourth-order valence-corrected chi connectivity index (χ4v) is 0.980. The van der Waals surface area contributed by atoms with Crippen molar-refractivity contribution < 1.29 is 0 Å². The zero-order valence-corrected chi connectivity index (χ0v) is 9.14. The molecule has 0 saturated heterocycles. The highest BCUT2D eigenvalue weighted by molar-refractivity contribution is 5.46. The van der Waals surface area contributed by atoms with Crippen molar-refractivity contribution in [3.8, 4) is 0 Å². The van der Waals surface area contributed by atoms with Crippen molar-refractivity contribution in [2.45, 2.75) is 13.8 Å². The minimum absolute atomic E-state index is 0.995. The van der Waals surface area contributed by atoms with Crippen LogP contribution in [-0.2, 0) is 0 Å². The van der Waals surface area contributed by atoms with Crippen LogP contribution in [0, 0.1) is 0 Å². The molecular formula is C14H18. The van der Waals surface area contributed by atoms with Gasteiger partial charge in [0.25, 0.3) is 0 Å². The van der Waals surface area contributed by atoms with Crippen LogP contribution < -0.4 is 0 Å². The monoisotopic (exact) mass is 186 g/mol. The Morgan fingerprint density at radius 2 is 1.50 bits per heavy atom. The van der Waals surface area contributed by atoms with Gasteiger partial charge >= 0.3 is 0 Å². The van der Waals surface area contributed by atoms with Crippen molar-refractivity contribution >= 4 is 0 Å². The Morgan fingerprint density at radius 3 is 1.79 bits per heavy atom. The second kappa shape index (κ2) is 5.98. The first-order chi connectivity index (χ1) is 6.51. The van der Waals surface area contributed by atoms with E-state index >= 15 is 0 Å². The minimum atomic E-state index is 0.995. The molecule has 0 heteroatoms. The molecule has 0 radical (unpaired) electrons. The predicted octanol–water partition coefficient (Wildman–Crippen LogP) is 4.36. The third-order valence-corrected chi connectivity index (χ3v) is 1.68. The fraction of sp³-hybridized carbons (Fsp3) is 0.143. The molecule has 0 nitrogen and oxygen atoms in total. The Morgan fingerprint density at radius 1 is 0.929 bits per heavy atom. The van der Waals surface area contributed by atoms with Crippen molar-refractivity contribution in [3.63, 3.8) is 0 Å². The van der Waals surface area contributed by atoms with Crippen molar-refractivity contribution in [1.82, 2.24) is 0 Å². The molecule has 0 fully saturated rings. The van der Waals surface area contributed by atoms with Crippen LogP contribution in [0.3, 0.4) is 0 Å². The van der Waals surface area contributed by atoms with Gasteiger partial charge in [0.05, 0.1) is 0 Å². The normalized spacial score (nSPS) is 12.1. The molecule has 0 aromatic rings. The standard InChI is InChI=1S/C14H18/c1-7-13(9-11(3)4)10-14(8-2)12(5)6/h7-10H,1-3,5H2,4,6H3/b13-9+,14-10-. The van der Waals surface area contributed by atoms with Crippen molar-refractivity contribution in [1.29, 1.82) is 0 Å². The summed E-state index contributed by atoms with van der Waals surface area (Å²) in [7, 11) is 0. The van der Waals surface area contributed by atoms with Gasteiger partial charge in [0.2, 0.25) is 0 Å². The van der Waals surface area contributed by atoms with E-state index in [-0.39, 0.29) is 0 Å². The first kappa shape index (κ1) is 12.4. The average molecular weight is 186 g/mol. The summed E-state index contributed by atoms with van der Waals surface area (Å²) in [5, 5.41) is 0. The van der Waals surface area contributed by atoms with Crippen molar-refractivity contribution in [2.75, 3.05) is 0 Å². The Kier molecular flexibility index (Phi) is 5.31. The third kappa shape index (κ3) is 4.46. The number of allylic oxidation sites excluding steroid dienone is 8. The van der Waals surface area contributed by atoms with Crippen LogP contribution in [0.15, 0.2) is 72.9 Å². The van der Waals surface area contributed by atoms with Crippen molar-refractivity contribution in [2.24, 2.45) is 0 Å². The minimum Gasteiger partial charge on any atom is -0.0985 e. The van der Waals surface area contributed by atoms with Crippen LogP contribution in [0.5, 0.6) is 0 Å². The zero-order chi connectivity index (χ0) is 11.1. The molecule has 0 saturated carbocycles. The van der Waals surface area contributed by atoms with Crippen LogP contribution in [-0.4, -0.2) is 0 Å². The molecule has 0 bridgehead atoms. The summed E-state index contributed by atoms with van der Waals surface area (Å²) in [6.45, 7) is 19.1. The molecule has 0 unspecified atom stereocenters. The van der Waals surface area contributed by atoms with E-state index in [1.807, 2.05) is 26.0 Å². The molecule has 0 aromatic heterocycles. The summed E-state index contributed by atoms with van der Waals surface area (Å²) in [5.41, 5.74) is 4.04. The van der Waals surface area contributed by atoms with Gasteiger partial charge in [0.1, 0.15) is 0 Å². The van der Waals surface area contributed by atoms with Gasteiger partial charge in [-0.05, 0) is 31.1 Å². The van der Waals surface area contributed by atoms with E-state index in [0.29, 0.717) is 0 Å². The molecule has 0 N–H and O–H groups in total. The van der Waals surface area contributed by atoms with Gasteiger partial charge in [0.15, 0.2) is 0 Å². The van der Waals surface area contributed by atoms with E-state index in [0.717, 1.165) is 22.3 Å². The summed E-state index contributed by atoms with van der Waals surface area (Å²) < 4.78 is 0. The van der Waals surface area contributed by atoms with Crippen LogP contribution in [0.25, 0.3) is 0 Å². The van der Waals surface area contributed by atoms with Gasteiger partial charge in [-0.25, -0.2) is 0 Å². The van der Waals surface area contributed by atoms with Gasteiger partial charge in [-0.3, -0.25) is 0 Å². The summed E-state index contributed by atoms with van der Waals surface area (Å²) in [5.74, 6) is 0. The fourth-order valence-electron chi connectivity index (χ4n) is 0.980. The smallest absolute Gasteiger partial charge is 0.0233 e. The van der Waals surface area contributed by atoms with Crippen LogP contribution in [0.2, 0.25) is 0 Å². The molecule has 0 aromatic carbocycles. The lowest BCUT2D eigenvalue weighted by molar-refractivity contribution is 1.43. The summed E-state index contributed by atoms with van der Waals surface area (Å²) in [6, 6.07) is 0. The van der Waals surface area contributed by atoms with Crippen LogP contribution in [0.4, 0.5) is 0 Å². The number of hydrogen-bond donors (Lipinski definition) is 0. The lowest BCUT2D eigenvalue weighted by Gasteiger charge is -2.01. The van der Waals surface area contributed by atoms with E-state index in [2.05, 4.69) is 26.3 Å². The second-order valence-corrected chi connectivity index (χ2v) is 3.28. The van der Waals surface area contributed by atoms with Crippen LogP contribution >= 0.6 is 0 Å². The van der Waals surface area contributed by atoms with Gasteiger partial charge < -0.3 is 0 Å². The SMILES string of the molecule is C=C/C(=C/C(C=C)=C/C(=C)C)C(=C)C. The molecule has 0 aliphatic heterocycles. The topological polar surface area (TPSA) is 0 Å². The van der Waals surface area contributed by atoms with Gasteiger partial charge in [-0.1, -0.05) is 55.7 Å². The van der Waals surface area contributed by atoms with Crippen LogP contribution in [0.1, 0.15) is 13.8 Å². The van der Waals surface area contributed by atoms with E-state index < -0.39 is 0 Å². The maximum atomic E-state index is 3.87. The molecule has 0 atom stereocenters. The maximum absolute atomic E-state index is 3.87. The van der Waals surface area contributed by atoms with Gasteiger partial charge in [-0.15, -0.1) is 0 Å². The molecule has 0 rings (SSSR count). The van der Waals surface area contributed by atoms with E-state index in [1.165, 1.54) is 0 Å². The largest absolute Gasteiger partial charge is 0.0985 e. The zero-order valence-electron chi connectivity index (χ0n) is 9.14. The Bertz CT molecular complexity index is 322. The lowest BCUT2D eigenvalue weighted by Crippen LogP contribution is -1.81. The highest BCUT2D eigenvalue weighted by Crippen LogP contribution is 2.13. The van der Waals surface area contributed by atoms with Gasteiger partial charge in [-0.2, -0.15) is 0 Å². The summed E-state index contributed by atoms with van der Waals surface area (Å²) in [6.07, 6.45) is 7.55. The molecule has 14 heavy (non-hydrogen) atoms. The van der Waals surface area contributed by atoms with Crippen molar-refractivity contribution in [3.05, 3.63) is 72.9 Å². The Hall–Kier alpha value is -1.56. The number of rotatable bonds is 5. The van der Waals surface area contributed by atoms with E-state index in [1.54, 1.807) is 12.2 Å². The maximum Gasteiger partial charge on any atom is -0.0233 e. The predicted molar refractivity (Wildman–Crippen MR) is 66.2 cm³/mol. The van der Waals surface area contributed by atoms with E-state index in [4.69, 9.17) is 0 Å². The number of hydrogen-bond acceptors (Lipinski definition) is 0. The highest BCUT2D eigenvalue weighted by Gasteiger charge is 1.93. The molecule has 0 aliphatic carbocycles.